The molecule has 2 nitrogen and oxygen atoms in total. The van der Waals surface area contributed by atoms with E-state index in [-0.39, 0.29) is 18.0 Å². The standard InChI is InChI=1S/C28H32O2S8/c1-13-14(2)32-24(31-13)23-12-30-28(37-19(7)20(8)38-28)25(23)10-9-21-22(26(25)33-15(3)16(4)34-26)11-29-27(21)35-17(5)18(6)36-27/h9-12H2,1-8H3. The minimum Gasteiger partial charge on any atom is -0.349 e. The fourth-order valence-corrected chi connectivity index (χ4v) is 20.2. The van der Waals surface area contributed by atoms with E-state index < -0.39 is 0 Å². The van der Waals surface area contributed by atoms with Crippen molar-refractivity contribution in [3.8, 4) is 0 Å². The Kier molecular flexibility index (Phi) is 6.86. The Morgan fingerprint density at radius 3 is 1.61 bits per heavy atom. The summed E-state index contributed by atoms with van der Waals surface area (Å²) in [7, 11) is 0. The van der Waals surface area contributed by atoms with Gasteiger partial charge in [0.15, 0.2) is 8.53 Å². The van der Waals surface area contributed by atoms with Gasteiger partial charge in [0.1, 0.15) is 4.08 Å². The molecule has 6 heterocycles. The first-order valence-electron chi connectivity index (χ1n) is 12.9. The Bertz CT molecular complexity index is 1320. The predicted molar refractivity (Wildman–Crippen MR) is 180 cm³/mol. The molecule has 0 N–H and O–H groups in total. The van der Waals surface area contributed by atoms with Crippen LogP contribution in [-0.4, -0.2) is 25.8 Å². The lowest BCUT2D eigenvalue weighted by Crippen LogP contribution is -2.56. The van der Waals surface area contributed by atoms with Gasteiger partial charge in [0.2, 0.25) is 0 Å². The van der Waals surface area contributed by atoms with Gasteiger partial charge in [-0.1, -0.05) is 70.6 Å². The normalized spacial score (nSPS) is 33.5. The van der Waals surface area contributed by atoms with Crippen LogP contribution in [0.3, 0.4) is 0 Å². The molecule has 0 aromatic heterocycles. The lowest BCUT2D eigenvalue weighted by atomic mass is 9.68. The maximum absolute atomic E-state index is 7.14. The predicted octanol–water partition coefficient (Wildman–Crippen LogP) is 11.3. The number of rotatable bonds is 0. The molecule has 0 saturated carbocycles. The van der Waals surface area contributed by atoms with Gasteiger partial charge in [0.05, 0.1) is 22.9 Å². The van der Waals surface area contributed by atoms with E-state index >= 15 is 0 Å². The van der Waals surface area contributed by atoms with Crippen molar-refractivity contribution >= 4 is 94.1 Å². The first-order valence-corrected chi connectivity index (χ1v) is 19.4. The molecule has 1 fully saturated rings. The summed E-state index contributed by atoms with van der Waals surface area (Å²) in [5.74, 6) is 0. The molecule has 0 amide bonds. The highest BCUT2D eigenvalue weighted by Crippen LogP contribution is 2.83. The average molecular weight is 657 g/mol. The summed E-state index contributed by atoms with van der Waals surface area (Å²) in [6, 6.07) is 0. The van der Waals surface area contributed by atoms with Crippen LogP contribution >= 0.6 is 94.1 Å². The van der Waals surface area contributed by atoms with Crippen molar-refractivity contribution in [1.29, 1.82) is 0 Å². The summed E-state index contributed by atoms with van der Waals surface area (Å²) in [4.78, 5) is 11.4. The smallest absolute Gasteiger partial charge is 0.191 e. The summed E-state index contributed by atoms with van der Waals surface area (Å²) in [5, 5.41) is 0. The second-order valence-electron chi connectivity index (χ2n) is 10.7. The first-order chi connectivity index (χ1) is 18.0. The highest BCUT2D eigenvalue weighted by molar-refractivity contribution is 8.29. The Labute approximate surface area is 261 Å². The largest absolute Gasteiger partial charge is 0.349 e. The summed E-state index contributed by atoms with van der Waals surface area (Å²) in [6.07, 6.45) is 2.16. The van der Waals surface area contributed by atoms with Crippen molar-refractivity contribution in [3.63, 3.8) is 0 Å². The number of fused-ring (bicyclic) bond motifs is 4. The quantitative estimate of drug-likeness (QED) is 0.233. The van der Waals surface area contributed by atoms with Crippen LogP contribution < -0.4 is 0 Å². The van der Waals surface area contributed by atoms with Gasteiger partial charge in [-0.05, 0) is 124 Å². The van der Waals surface area contributed by atoms with Crippen LogP contribution in [0.4, 0.5) is 0 Å². The fourth-order valence-electron chi connectivity index (χ4n) is 6.40. The van der Waals surface area contributed by atoms with Crippen molar-refractivity contribution < 1.29 is 9.47 Å². The van der Waals surface area contributed by atoms with Crippen LogP contribution in [0.25, 0.3) is 0 Å². The molecule has 1 aliphatic carbocycles. The Hall–Kier alpha value is 1.16. The van der Waals surface area contributed by atoms with Gasteiger partial charge in [0, 0.05) is 0 Å². The van der Waals surface area contributed by atoms with E-state index in [4.69, 9.17) is 9.47 Å². The van der Waals surface area contributed by atoms with Gasteiger partial charge in [-0.25, -0.2) is 0 Å². The monoisotopic (exact) mass is 656 g/mol. The Morgan fingerprint density at radius 2 is 1.03 bits per heavy atom. The first kappa shape index (κ1) is 28.0. The van der Waals surface area contributed by atoms with Crippen molar-refractivity contribution in [1.82, 2.24) is 0 Å². The molecule has 1 saturated heterocycles. The molecule has 38 heavy (non-hydrogen) atoms. The molecular weight excluding hydrogens is 625 g/mol. The van der Waals surface area contributed by atoms with E-state index in [0.29, 0.717) is 6.61 Å². The molecule has 0 aromatic rings. The Balaban J connectivity index is 1.47. The molecule has 4 spiro atoms. The van der Waals surface area contributed by atoms with Gasteiger partial charge in [-0.2, -0.15) is 0 Å². The zero-order chi connectivity index (χ0) is 26.8. The van der Waals surface area contributed by atoms with E-state index in [1.807, 2.05) is 70.6 Å². The van der Waals surface area contributed by atoms with Crippen molar-refractivity contribution in [2.24, 2.45) is 5.41 Å². The molecule has 0 aromatic carbocycles. The van der Waals surface area contributed by atoms with Crippen LogP contribution in [0, 0.1) is 5.41 Å². The average Bonchev–Trinajstić information content (AvgIpc) is 3.65. The van der Waals surface area contributed by atoms with Gasteiger partial charge >= 0.3 is 0 Å². The topological polar surface area (TPSA) is 18.5 Å². The lowest BCUT2D eigenvalue weighted by molar-refractivity contribution is 0.0848. The lowest BCUT2D eigenvalue weighted by Gasteiger charge is -2.56. The number of hydrogen-bond donors (Lipinski definition) is 0. The van der Waals surface area contributed by atoms with Gasteiger partial charge in [0.25, 0.3) is 0 Å². The third kappa shape index (κ3) is 3.54. The maximum Gasteiger partial charge on any atom is 0.191 e. The van der Waals surface area contributed by atoms with Crippen molar-refractivity contribution in [2.45, 2.75) is 80.8 Å². The molecule has 0 bridgehead atoms. The van der Waals surface area contributed by atoms with Crippen LogP contribution in [0.15, 0.2) is 60.2 Å². The summed E-state index contributed by atoms with van der Waals surface area (Å²) < 4.78 is 14.7. The third-order valence-corrected chi connectivity index (χ3v) is 21.5. The van der Waals surface area contributed by atoms with Gasteiger partial charge in [-0.3, -0.25) is 0 Å². The van der Waals surface area contributed by atoms with Crippen LogP contribution in [0.5, 0.6) is 0 Å². The van der Waals surface area contributed by atoms with E-state index in [2.05, 4.69) is 78.9 Å². The summed E-state index contributed by atoms with van der Waals surface area (Å²) in [6.45, 7) is 19.8. The van der Waals surface area contributed by atoms with E-state index in [1.165, 1.54) is 43.5 Å². The van der Waals surface area contributed by atoms with E-state index in [9.17, 15) is 0 Å². The van der Waals surface area contributed by atoms with Crippen LogP contribution in [-0.2, 0) is 9.47 Å². The number of ether oxygens (including phenoxy) is 2. The van der Waals surface area contributed by atoms with E-state index in [0.717, 1.165) is 19.4 Å². The van der Waals surface area contributed by atoms with Crippen LogP contribution in [0.1, 0.15) is 68.2 Å². The molecule has 1 atom stereocenters. The minimum absolute atomic E-state index is 0.151. The highest BCUT2D eigenvalue weighted by atomic mass is 32.2. The van der Waals surface area contributed by atoms with Crippen LogP contribution in [0.2, 0.25) is 0 Å². The molecule has 0 radical (unpaired) electrons. The van der Waals surface area contributed by atoms with Gasteiger partial charge in [-0.15, -0.1) is 23.5 Å². The molecule has 6 aliphatic heterocycles. The van der Waals surface area contributed by atoms with Crippen molar-refractivity contribution in [3.05, 3.63) is 60.2 Å². The molecule has 7 rings (SSSR count). The molecular formula is C28H32O2S8. The third-order valence-electron chi connectivity index (χ3n) is 8.76. The molecule has 7 aliphatic rings. The zero-order valence-electron chi connectivity index (χ0n) is 22.9. The second kappa shape index (κ2) is 9.33. The van der Waals surface area contributed by atoms with Crippen molar-refractivity contribution in [2.75, 3.05) is 13.2 Å². The number of hydrogen-bond acceptors (Lipinski definition) is 10. The fraction of sp³-hybridized carbons (Fsp3) is 0.571. The molecule has 10 heteroatoms. The number of thioether (sulfide) groups is 8. The minimum atomic E-state index is -0.353. The molecule has 204 valence electrons. The molecule has 1 unspecified atom stereocenters. The zero-order valence-corrected chi connectivity index (χ0v) is 29.4. The summed E-state index contributed by atoms with van der Waals surface area (Å²) >= 11 is 16.1. The van der Waals surface area contributed by atoms with Gasteiger partial charge < -0.3 is 9.47 Å². The second-order valence-corrected chi connectivity index (χ2v) is 22.6. The highest BCUT2D eigenvalue weighted by Gasteiger charge is 2.77. The number of allylic oxidation sites excluding steroid dienone is 8. The summed E-state index contributed by atoms with van der Waals surface area (Å²) in [5.41, 5.74) is 4.48. The van der Waals surface area contributed by atoms with E-state index in [1.54, 1.807) is 16.7 Å². The maximum atomic E-state index is 7.14. The Morgan fingerprint density at radius 1 is 0.526 bits per heavy atom. The SMILES string of the molecule is CC1=C(C)SC(=C2COC3(SC(C)=C(C)S3)C23CCC2=C(COC24SC(C)=C(C)S4)C32SC(C)=C(C)S2)S1.